The molecule has 0 aliphatic rings. The third-order valence-corrected chi connectivity index (χ3v) is 4.96. The summed E-state index contributed by atoms with van der Waals surface area (Å²) < 4.78 is 7.42. The van der Waals surface area contributed by atoms with Crippen LogP contribution in [-0.4, -0.2) is 27.1 Å². The first-order chi connectivity index (χ1) is 13.5. The Morgan fingerprint density at radius 1 is 1.14 bits per heavy atom. The van der Waals surface area contributed by atoms with Gasteiger partial charge in [0.25, 0.3) is 0 Å². The maximum Gasteiger partial charge on any atom is 0.344 e. The van der Waals surface area contributed by atoms with Crippen molar-refractivity contribution < 1.29 is 9.53 Å². The van der Waals surface area contributed by atoms with Crippen molar-refractivity contribution in [3.05, 3.63) is 29.8 Å². The minimum Gasteiger partial charge on any atom is -0.462 e. The molecule has 0 unspecified atom stereocenters. The first-order valence-electron chi connectivity index (χ1n) is 10.2. The van der Waals surface area contributed by atoms with Gasteiger partial charge in [0.15, 0.2) is 5.65 Å². The number of carbonyl (C=O) groups is 1. The quantitative estimate of drug-likeness (QED) is 0.418. The summed E-state index contributed by atoms with van der Waals surface area (Å²) in [5.74, 6) is 0.496. The summed E-state index contributed by atoms with van der Waals surface area (Å²) >= 11 is 0. The number of nitrogens with two attached hydrogens (primary N) is 1. The molecule has 0 amide bonds. The Morgan fingerprint density at radius 3 is 2.54 bits per heavy atom. The lowest BCUT2D eigenvalue weighted by Crippen LogP contribution is -2.11. The van der Waals surface area contributed by atoms with Crippen molar-refractivity contribution in [3.8, 4) is 0 Å². The van der Waals surface area contributed by atoms with Gasteiger partial charge < -0.3 is 15.0 Å². The van der Waals surface area contributed by atoms with E-state index < -0.39 is 5.97 Å². The molecular formula is C22H30N4O2. The zero-order valence-corrected chi connectivity index (χ0v) is 17.1. The Hall–Kier alpha value is -2.63. The van der Waals surface area contributed by atoms with Crippen LogP contribution in [0.2, 0.25) is 0 Å². The van der Waals surface area contributed by atoms with Gasteiger partial charge in [-0.3, -0.25) is 0 Å². The first kappa shape index (κ1) is 20.1. The number of aromatic nitrogens is 3. The van der Waals surface area contributed by atoms with Gasteiger partial charge in [0.2, 0.25) is 0 Å². The third kappa shape index (κ3) is 4.26. The number of ether oxygens (including phenoxy) is 1. The number of nitrogen functional groups attached to an aromatic ring is 1. The normalized spacial score (nSPS) is 11.6. The zero-order chi connectivity index (χ0) is 20.1. The Bertz CT molecular complexity index is 962. The van der Waals surface area contributed by atoms with Gasteiger partial charge in [0.1, 0.15) is 16.9 Å². The molecule has 150 valence electrons. The summed E-state index contributed by atoms with van der Waals surface area (Å²) in [6, 6.07) is 7.65. The summed E-state index contributed by atoms with van der Waals surface area (Å²) in [4.78, 5) is 22.3. The largest absolute Gasteiger partial charge is 0.462 e. The van der Waals surface area contributed by atoms with Crippen molar-refractivity contribution in [1.82, 2.24) is 14.5 Å². The lowest BCUT2D eigenvalue weighted by Gasteiger charge is -2.09. The van der Waals surface area contributed by atoms with E-state index in [1.165, 1.54) is 0 Å². The summed E-state index contributed by atoms with van der Waals surface area (Å²) in [6.45, 7) is 7.57. The van der Waals surface area contributed by atoms with Crippen LogP contribution in [-0.2, 0) is 11.3 Å². The molecular weight excluding hydrogens is 352 g/mol. The Morgan fingerprint density at radius 2 is 1.86 bits per heavy atom. The molecule has 6 heteroatoms. The highest BCUT2D eigenvalue weighted by Crippen LogP contribution is 2.29. The molecule has 1 aromatic carbocycles. The van der Waals surface area contributed by atoms with Crippen molar-refractivity contribution in [1.29, 1.82) is 0 Å². The number of fused-ring (bicyclic) bond motifs is 2. The number of nitrogens with zero attached hydrogens (tertiary/aromatic N) is 3. The van der Waals surface area contributed by atoms with Crippen LogP contribution in [0.15, 0.2) is 24.3 Å². The number of carbonyl (C=O) groups excluding carboxylic acids is 1. The van der Waals surface area contributed by atoms with Crippen molar-refractivity contribution >= 4 is 34.0 Å². The molecule has 2 N–H and O–H groups in total. The molecule has 0 fully saturated rings. The number of esters is 1. The van der Waals surface area contributed by atoms with Gasteiger partial charge in [0, 0.05) is 6.54 Å². The number of anilines is 1. The minimum absolute atomic E-state index is 0.340. The predicted molar refractivity (Wildman–Crippen MR) is 113 cm³/mol. The first-order valence-corrected chi connectivity index (χ1v) is 10.2. The molecule has 2 heterocycles. The topological polar surface area (TPSA) is 83.0 Å². The monoisotopic (exact) mass is 382 g/mol. The fourth-order valence-electron chi connectivity index (χ4n) is 3.30. The fraction of sp³-hybridized carbons (Fsp3) is 0.500. The molecule has 0 aliphatic heterocycles. The molecule has 28 heavy (non-hydrogen) atoms. The second kappa shape index (κ2) is 9.04. The fourth-order valence-corrected chi connectivity index (χ4v) is 3.30. The number of rotatable bonds is 9. The van der Waals surface area contributed by atoms with Crippen LogP contribution in [0.5, 0.6) is 0 Å². The number of unbranched alkanes of at least 4 members (excludes halogenated alkanes) is 3. The van der Waals surface area contributed by atoms with Gasteiger partial charge in [-0.25, -0.2) is 14.8 Å². The summed E-state index contributed by atoms with van der Waals surface area (Å²) in [7, 11) is 0. The van der Waals surface area contributed by atoms with E-state index in [0.29, 0.717) is 41.6 Å². The van der Waals surface area contributed by atoms with Gasteiger partial charge >= 0.3 is 5.97 Å². The van der Waals surface area contributed by atoms with Gasteiger partial charge in [-0.15, -0.1) is 0 Å². The summed E-state index contributed by atoms with van der Waals surface area (Å²) in [5, 5.41) is 0. The third-order valence-electron chi connectivity index (χ3n) is 4.96. The predicted octanol–water partition coefficient (Wildman–Crippen LogP) is 4.95. The number of benzene rings is 1. The van der Waals surface area contributed by atoms with E-state index in [9.17, 15) is 4.79 Å². The van der Waals surface area contributed by atoms with E-state index in [-0.39, 0.29) is 0 Å². The highest BCUT2D eigenvalue weighted by atomic mass is 16.5. The Balaban J connectivity index is 1.98. The maximum absolute atomic E-state index is 12.8. The molecule has 3 aromatic rings. The summed E-state index contributed by atoms with van der Waals surface area (Å²) in [6.07, 6.45) is 5.15. The molecule has 0 bridgehead atoms. The average Bonchev–Trinajstić information content (AvgIpc) is 2.94. The molecule has 6 nitrogen and oxygen atoms in total. The van der Waals surface area contributed by atoms with E-state index in [1.54, 1.807) is 0 Å². The van der Waals surface area contributed by atoms with Gasteiger partial charge in [-0.1, -0.05) is 52.2 Å². The second-order valence-corrected chi connectivity index (χ2v) is 7.68. The summed E-state index contributed by atoms with van der Waals surface area (Å²) in [5.41, 5.74) is 9.45. The lowest BCUT2D eigenvalue weighted by atomic mass is 10.1. The van der Waals surface area contributed by atoms with Crippen molar-refractivity contribution in [2.75, 3.05) is 12.3 Å². The van der Waals surface area contributed by atoms with Crippen LogP contribution in [0.1, 0.15) is 63.2 Å². The van der Waals surface area contributed by atoms with Crippen molar-refractivity contribution in [3.63, 3.8) is 0 Å². The average molecular weight is 383 g/mol. The number of aryl methyl sites for hydroxylation is 1. The van der Waals surface area contributed by atoms with E-state index in [2.05, 4.69) is 20.8 Å². The van der Waals surface area contributed by atoms with Crippen LogP contribution in [0, 0.1) is 5.92 Å². The molecule has 0 spiro atoms. The second-order valence-electron chi connectivity index (χ2n) is 7.68. The van der Waals surface area contributed by atoms with Gasteiger partial charge in [-0.05, 0) is 30.9 Å². The maximum atomic E-state index is 12.8. The minimum atomic E-state index is -0.410. The molecule has 0 radical (unpaired) electrons. The molecule has 3 rings (SSSR count). The molecule has 0 saturated heterocycles. The Kier molecular flexibility index (Phi) is 6.49. The van der Waals surface area contributed by atoms with E-state index >= 15 is 0 Å². The van der Waals surface area contributed by atoms with Crippen LogP contribution in [0.4, 0.5) is 5.82 Å². The molecule has 0 saturated carbocycles. The van der Waals surface area contributed by atoms with E-state index in [4.69, 9.17) is 20.4 Å². The van der Waals surface area contributed by atoms with E-state index in [0.717, 1.165) is 43.1 Å². The van der Waals surface area contributed by atoms with Crippen LogP contribution in [0.3, 0.4) is 0 Å². The number of hydrogen-bond acceptors (Lipinski definition) is 5. The van der Waals surface area contributed by atoms with Crippen LogP contribution >= 0.6 is 0 Å². The zero-order valence-electron chi connectivity index (χ0n) is 17.1. The van der Waals surface area contributed by atoms with Gasteiger partial charge in [0.05, 0.1) is 17.6 Å². The van der Waals surface area contributed by atoms with Crippen molar-refractivity contribution in [2.45, 2.75) is 59.4 Å². The Labute approximate surface area is 166 Å². The number of hydrogen-bond donors (Lipinski definition) is 1. The SMILES string of the molecule is CCCCCCOC(=O)c1c(N)n(CCC(C)C)c2nc3ccccc3nc12. The lowest BCUT2D eigenvalue weighted by molar-refractivity contribution is 0.0501. The highest BCUT2D eigenvalue weighted by molar-refractivity contribution is 6.08. The van der Waals surface area contributed by atoms with Crippen molar-refractivity contribution in [2.24, 2.45) is 5.92 Å². The van der Waals surface area contributed by atoms with Crippen LogP contribution in [0.25, 0.3) is 22.2 Å². The molecule has 0 atom stereocenters. The van der Waals surface area contributed by atoms with E-state index in [1.807, 2.05) is 28.8 Å². The molecule has 0 aliphatic carbocycles. The van der Waals surface area contributed by atoms with Gasteiger partial charge in [-0.2, -0.15) is 0 Å². The van der Waals surface area contributed by atoms with Crippen LogP contribution < -0.4 is 5.73 Å². The standard InChI is InChI=1S/C22H30N4O2/c1-4-5-6-9-14-28-22(27)18-19-21(26(20(18)23)13-12-15(2)3)25-17-11-8-7-10-16(17)24-19/h7-8,10-11,15H,4-6,9,12-14,23H2,1-3H3. The number of para-hydroxylation sites is 2. The highest BCUT2D eigenvalue weighted by Gasteiger charge is 2.25. The molecule has 2 aromatic heterocycles. The smallest absolute Gasteiger partial charge is 0.344 e.